The fraction of sp³-hybridized carbons (Fsp3) is 0.350. The second-order valence-electron chi connectivity index (χ2n) is 7.50. The zero-order valence-electron chi connectivity index (χ0n) is 17.4. The maximum atomic E-state index is 13.8. The molecule has 0 spiro atoms. The Hall–Kier alpha value is -3.47. The van der Waals surface area contributed by atoms with Gasteiger partial charge in [0.15, 0.2) is 11.4 Å². The number of rotatable bonds is 6. The highest BCUT2D eigenvalue weighted by Crippen LogP contribution is 2.20. The number of nitrogens with zero attached hydrogens (tertiary/aromatic N) is 4. The topological polar surface area (TPSA) is 98.1 Å². The number of pyridine rings is 1. The Morgan fingerprint density at radius 2 is 1.97 bits per heavy atom. The number of fused-ring (bicyclic) bond motifs is 1. The standard InChI is InChI=1S/C20H23F2N5O4/c1-24(2)6-7-26-11-25(3)27-10-14(17(28)18(29)16(27)20(26)31)19(30)23-9-12-4-5-13(21)8-15(12)22/h4-5,8,10,29H,6-7,9,11H2,1-3H3,(H,23,30). The summed E-state index contributed by atoms with van der Waals surface area (Å²) >= 11 is 0. The first-order valence-corrected chi connectivity index (χ1v) is 9.46. The lowest BCUT2D eigenvalue weighted by molar-refractivity contribution is 0.0680. The number of amides is 2. The maximum Gasteiger partial charge on any atom is 0.277 e. The summed E-state index contributed by atoms with van der Waals surface area (Å²) in [6, 6.07) is 2.91. The number of nitrogens with one attached hydrogen (secondary N) is 1. The van der Waals surface area contributed by atoms with Crippen LogP contribution in [0.5, 0.6) is 5.75 Å². The molecule has 3 rings (SSSR count). The fourth-order valence-electron chi connectivity index (χ4n) is 3.18. The van der Waals surface area contributed by atoms with Gasteiger partial charge < -0.3 is 20.2 Å². The molecule has 0 radical (unpaired) electrons. The highest BCUT2D eigenvalue weighted by atomic mass is 19.1. The zero-order chi connectivity index (χ0) is 22.9. The van der Waals surface area contributed by atoms with Gasteiger partial charge in [-0.15, -0.1) is 0 Å². The van der Waals surface area contributed by atoms with Crippen LogP contribution in [0.2, 0.25) is 0 Å². The molecule has 2 N–H and O–H groups in total. The minimum atomic E-state index is -1.01. The molecule has 9 nitrogen and oxygen atoms in total. The molecule has 0 bridgehead atoms. The average Bonchev–Trinajstić information content (AvgIpc) is 2.70. The van der Waals surface area contributed by atoms with Crippen molar-refractivity contribution in [3.8, 4) is 5.75 Å². The minimum absolute atomic E-state index is 0.0286. The predicted octanol–water partition coefficient (Wildman–Crippen LogP) is 0.305. The first-order valence-electron chi connectivity index (χ1n) is 9.46. The number of benzene rings is 1. The first-order chi connectivity index (χ1) is 14.6. The van der Waals surface area contributed by atoms with E-state index in [1.165, 1.54) is 15.6 Å². The zero-order valence-corrected chi connectivity index (χ0v) is 17.4. The molecule has 2 amide bonds. The van der Waals surface area contributed by atoms with Gasteiger partial charge in [0.2, 0.25) is 5.43 Å². The molecule has 0 atom stereocenters. The van der Waals surface area contributed by atoms with E-state index in [9.17, 15) is 28.3 Å². The summed E-state index contributed by atoms with van der Waals surface area (Å²) in [6.45, 7) is 0.865. The van der Waals surface area contributed by atoms with Crippen LogP contribution in [0.25, 0.3) is 0 Å². The summed E-state index contributed by atoms with van der Waals surface area (Å²) in [6.07, 6.45) is 1.16. The Morgan fingerprint density at radius 1 is 1.26 bits per heavy atom. The number of carbonyl (C=O) groups is 2. The summed E-state index contributed by atoms with van der Waals surface area (Å²) in [5.74, 6) is -3.83. The van der Waals surface area contributed by atoms with Crippen molar-refractivity contribution in [2.75, 3.05) is 45.9 Å². The van der Waals surface area contributed by atoms with Crippen molar-refractivity contribution >= 4 is 11.8 Å². The van der Waals surface area contributed by atoms with Crippen LogP contribution in [0.4, 0.5) is 8.78 Å². The summed E-state index contributed by atoms with van der Waals surface area (Å²) < 4.78 is 28.0. The van der Waals surface area contributed by atoms with Gasteiger partial charge in [-0.05, 0) is 20.2 Å². The molecule has 2 heterocycles. The molecule has 1 aliphatic heterocycles. The van der Waals surface area contributed by atoms with E-state index in [0.29, 0.717) is 19.2 Å². The lowest BCUT2D eigenvalue weighted by atomic mass is 10.1. The number of hydrogen-bond donors (Lipinski definition) is 2. The Bertz CT molecular complexity index is 1090. The van der Waals surface area contributed by atoms with E-state index in [4.69, 9.17) is 0 Å². The van der Waals surface area contributed by atoms with Gasteiger partial charge >= 0.3 is 0 Å². The van der Waals surface area contributed by atoms with Gasteiger partial charge in [-0.2, -0.15) is 0 Å². The Labute approximate surface area is 177 Å². The van der Waals surface area contributed by atoms with Crippen molar-refractivity contribution < 1.29 is 23.5 Å². The van der Waals surface area contributed by atoms with Crippen LogP contribution in [-0.4, -0.2) is 72.3 Å². The molecule has 11 heteroatoms. The smallest absolute Gasteiger partial charge is 0.277 e. The molecule has 166 valence electrons. The molecule has 1 aromatic heterocycles. The monoisotopic (exact) mass is 435 g/mol. The SMILES string of the molecule is CN(C)CCN1CN(C)n2cc(C(=O)NCc3ccc(F)cc3F)c(=O)c(O)c2C1=O. The molecular weight excluding hydrogens is 412 g/mol. The predicted molar refractivity (Wildman–Crippen MR) is 108 cm³/mol. The highest BCUT2D eigenvalue weighted by molar-refractivity contribution is 5.99. The number of aromatic hydroxyl groups is 1. The largest absolute Gasteiger partial charge is 0.502 e. The van der Waals surface area contributed by atoms with Crippen LogP contribution in [0.1, 0.15) is 26.4 Å². The molecule has 1 aliphatic rings. The third-order valence-corrected chi connectivity index (χ3v) is 4.91. The van der Waals surface area contributed by atoms with E-state index in [1.807, 2.05) is 19.0 Å². The number of likely N-dealkylation sites (N-methyl/N-ethyl adjacent to an activating group) is 1. The Balaban J connectivity index is 1.86. The van der Waals surface area contributed by atoms with Gasteiger partial charge in [-0.3, -0.25) is 24.1 Å². The van der Waals surface area contributed by atoms with Crippen molar-refractivity contribution in [3.05, 3.63) is 63.1 Å². The lowest BCUT2D eigenvalue weighted by Gasteiger charge is -2.38. The van der Waals surface area contributed by atoms with Crippen LogP contribution in [0.15, 0.2) is 29.2 Å². The lowest BCUT2D eigenvalue weighted by Crippen LogP contribution is -2.54. The van der Waals surface area contributed by atoms with Gasteiger partial charge in [-0.1, -0.05) is 6.07 Å². The van der Waals surface area contributed by atoms with Crippen LogP contribution in [0.3, 0.4) is 0 Å². The first kappa shape index (κ1) is 22.2. The molecule has 31 heavy (non-hydrogen) atoms. The van der Waals surface area contributed by atoms with Gasteiger partial charge in [-0.25, -0.2) is 8.78 Å². The van der Waals surface area contributed by atoms with E-state index in [-0.39, 0.29) is 24.5 Å². The second kappa shape index (κ2) is 8.72. The molecule has 0 aliphatic carbocycles. The van der Waals surface area contributed by atoms with Crippen molar-refractivity contribution in [2.24, 2.45) is 0 Å². The molecule has 0 unspecified atom stereocenters. The normalized spacial score (nSPS) is 13.5. The number of halogens is 2. The third-order valence-electron chi connectivity index (χ3n) is 4.91. The van der Waals surface area contributed by atoms with Crippen LogP contribution in [0, 0.1) is 11.6 Å². The molecule has 1 aromatic carbocycles. The third kappa shape index (κ3) is 4.50. The van der Waals surface area contributed by atoms with Gasteiger partial charge in [0.25, 0.3) is 11.8 Å². The van der Waals surface area contributed by atoms with Crippen molar-refractivity contribution in [2.45, 2.75) is 6.54 Å². The van der Waals surface area contributed by atoms with Crippen molar-refractivity contribution in [1.29, 1.82) is 0 Å². The quantitative estimate of drug-likeness (QED) is 0.678. The maximum absolute atomic E-state index is 13.8. The summed E-state index contributed by atoms with van der Waals surface area (Å²) in [4.78, 5) is 41.3. The highest BCUT2D eigenvalue weighted by Gasteiger charge is 2.33. The summed E-state index contributed by atoms with van der Waals surface area (Å²) in [5, 5.41) is 14.4. The second-order valence-corrected chi connectivity index (χ2v) is 7.50. The Kier molecular flexibility index (Phi) is 6.25. The van der Waals surface area contributed by atoms with E-state index in [0.717, 1.165) is 12.3 Å². The van der Waals surface area contributed by atoms with E-state index in [1.54, 1.807) is 12.1 Å². The molecule has 0 saturated heterocycles. The number of aromatic nitrogens is 1. The van der Waals surface area contributed by atoms with Crippen LogP contribution in [-0.2, 0) is 6.54 Å². The number of carbonyl (C=O) groups excluding carboxylic acids is 2. The van der Waals surface area contributed by atoms with E-state index in [2.05, 4.69) is 5.32 Å². The molecular formula is C20H23F2N5O4. The molecule has 0 fully saturated rings. The number of hydrogen-bond acceptors (Lipinski definition) is 6. The fourth-order valence-corrected chi connectivity index (χ4v) is 3.18. The minimum Gasteiger partial charge on any atom is -0.502 e. The van der Waals surface area contributed by atoms with Gasteiger partial charge in [0, 0.05) is 44.5 Å². The summed E-state index contributed by atoms with van der Waals surface area (Å²) in [7, 11) is 5.35. The molecule has 0 saturated carbocycles. The molecule has 2 aromatic rings. The average molecular weight is 435 g/mol. The van der Waals surface area contributed by atoms with Crippen LogP contribution >= 0.6 is 0 Å². The van der Waals surface area contributed by atoms with Gasteiger partial charge in [0.05, 0.1) is 0 Å². The van der Waals surface area contributed by atoms with E-state index >= 15 is 0 Å². The van der Waals surface area contributed by atoms with Crippen molar-refractivity contribution in [3.63, 3.8) is 0 Å². The van der Waals surface area contributed by atoms with Crippen molar-refractivity contribution in [1.82, 2.24) is 19.8 Å². The van der Waals surface area contributed by atoms with E-state index < -0.39 is 40.2 Å². The summed E-state index contributed by atoms with van der Waals surface area (Å²) in [5.41, 5.74) is -1.64. The Morgan fingerprint density at radius 3 is 2.61 bits per heavy atom. The van der Waals surface area contributed by atoms with Gasteiger partial charge in [0.1, 0.15) is 23.9 Å². The van der Waals surface area contributed by atoms with Crippen LogP contribution < -0.4 is 15.8 Å².